The number of nitrogens with zero attached hydrogens (tertiary/aromatic N) is 1. The van der Waals surface area contributed by atoms with Gasteiger partial charge in [0.25, 0.3) is 0 Å². The zero-order chi connectivity index (χ0) is 11.3. The van der Waals surface area contributed by atoms with Crippen LogP contribution in [0.15, 0.2) is 0 Å². The van der Waals surface area contributed by atoms with Crippen LogP contribution in [0.2, 0.25) is 0 Å². The molecule has 1 saturated heterocycles. The van der Waals surface area contributed by atoms with E-state index < -0.39 is 0 Å². The van der Waals surface area contributed by atoms with E-state index in [1.54, 1.807) is 0 Å². The summed E-state index contributed by atoms with van der Waals surface area (Å²) in [6.45, 7) is 13.1. The molecule has 0 aromatic carbocycles. The molecule has 0 aromatic heterocycles. The van der Waals surface area contributed by atoms with Crippen LogP contribution in [-0.2, 0) is 0 Å². The molecular weight excluding hydrogens is 174 g/mol. The van der Waals surface area contributed by atoms with Crippen LogP contribution in [-0.4, -0.2) is 34.7 Å². The minimum atomic E-state index is -0.219. The van der Waals surface area contributed by atoms with Gasteiger partial charge in [0.1, 0.15) is 0 Å². The van der Waals surface area contributed by atoms with Crippen molar-refractivity contribution in [1.82, 2.24) is 4.90 Å². The lowest BCUT2D eigenvalue weighted by molar-refractivity contribution is -0.155. The summed E-state index contributed by atoms with van der Waals surface area (Å²) in [5, 5.41) is 10.3. The van der Waals surface area contributed by atoms with Gasteiger partial charge in [0.2, 0.25) is 0 Å². The first-order valence-corrected chi connectivity index (χ1v) is 5.55. The molecule has 0 amide bonds. The van der Waals surface area contributed by atoms with Gasteiger partial charge in [-0.1, -0.05) is 20.8 Å². The molecule has 84 valence electrons. The van der Waals surface area contributed by atoms with Crippen molar-refractivity contribution in [1.29, 1.82) is 0 Å². The number of hydrogen-bond donors (Lipinski definition) is 1. The number of hydrogen-bond acceptors (Lipinski definition) is 2. The molecule has 0 aliphatic carbocycles. The minimum absolute atomic E-state index is 0.0400. The van der Waals surface area contributed by atoms with Gasteiger partial charge in [-0.3, -0.25) is 4.90 Å². The molecule has 1 rings (SSSR count). The van der Waals surface area contributed by atoms with Crippen LogP contribution in [0.1, 0.15) is 41.5 Å². The standard InChI is InChI=1S/C12H25NO/c1-8-9(2)13(7)12(5,6)11(3,4)10(8)14/h8-10,14H,1-7H3/t8?,9?,10-/m1/s1. The van der Waals surface area contributed by atoms with Crippen molar-refractivity contribution in [2.45, 2.75) is 59.2 Å². The predicted octanol–water partition coefficient (Wildman–Crippen LogP) is 2.12. The van der Waals surface area contributed by atoms with Crippen LogP contribution in [0.5, 0.6) is 0 Å². The maximum atomic E-state index is 10.3. The second-order valence-corrected chi connectivity index (χ2v) is 5.94. The largest absolute Gasteiger partial charge is 0.392 e. The zero-order valence-corrected chi connectivity index (χ0v) is 10.6. The van der Waals surface area contributed by atoms with Gasteiger partial charge in [-0.15, -0.1) is 0 Å². The Hall–Kier alpha value is -0.0800. The Labute approximate surface area is 88.3 Å². The second-order valence-electron chi connectivity index (χ2n) is 5.94. The Morgan fingerprint density at radius 1 is 1.07 bits per heavy atom. The molecule has 2 nitrogen and oxygen atoms in total. The summed E-state index contributed by atoms with van der Waals surface area (Å²) in [7, 11) is 2.16. The Bertz CT molecular complexity index is 198. The molecule has 1 aliphatic heterocycles. The van der Waals surface area contributed by atoms with Gasteiger partial charge in [-0.2, -0.15) is 0 Å². The van der Waals surface area contributed by atoms with Gasteiger partial charge >= 0.3 is 0 Å². The van der Waals surface area contributed by atoms with E-state index in [1.807, 2.05) is 0 Å². The van der Waals surface area contributed by atoms with Crippen molar-refractivity contribution >= 4 is 0 Å². The third-order valence-electron chi connectivity index (χ3n) is 5.07. The summed E-state index contributed by atoms with van der Waals surface area (Å²) in [5.74, 6) is 0.336. The van der Waals surface area contributed by atoms with E-state index in [-0.39, 0.29) is 17.1 Å². The number of rotatable bonds is 0. The summed E-state index contributed by atoms with van der Waals surface area (Å²) in [6, 6.07) is 0.438. The highest BCUT2D eigenvalue weighted by molar-refractivity contribution is 5.06. The summed E-state index contributed by atoms with van der Waals surface area (Å²) in [6.07, 6.45) is -0.219. The molecule has 2 unspecified atom stereocenters. The summed E-state index contributed by atoms with van der Waals surface area (Å²) in [4.78, 5) is 2.39. The van der Waals surface area contributed by atoms with Gasteiger partial charge in [0, 0.05) is 17.0 Å². The van der Waals surface area contributed by atoms with Crippen molar-refractivity contribution in [2.75, 3.05) is 7.05 Å². The first-order chi connectivity index (χ1) is 6.14. The van der Waals surface area contributed by atoms with Gasteiger partial charge in [-0.25, -0.2) is 0 Å². The Kier molecular flexibility index (Phi) is 2.75. The van der Waals surface area contributed by atoms with Crippen molar-refractivity contribution in [3.8, 4) is 0 Å². The molecule has 1 N–H and O–H groups in total. The van der Waals surface area contributed by atoms with E-state index in [9.17, 15) is 5.11 Å². The second kappa shape index (κ2) is 3.21. The lowest BCUT2D eigenvalue weighted by Crippen LogP contribution is -2.67. The maximum Gasteiger partial charge on any atom is 0.0648 e. The molecule has 0 radical (unpaired) electrons. The fraction of sp³-hybridized carbons (Fsp3) is 1.00. The molecule has 0 aromatic rings. The van der Waals surface area contributed by atoms with Crippen LogP contribution < -0.4 is 0 Å². The lowest BCUT2D eigenvalue weighted by Gasteiger charge is -2.59. The highest BCUT2D eigenvalue weighted by Crippen LogP contribution is 2.46. The maximum absolute atomic E-state index is 10.3. The molecule has 3 atom stereocenters. The number of aliphatic hydroxyl groups is 1. The van der Waals surface area contributed by atoms with Gasteiger partial charge in [-0.05, 0) is 33.7 Å². The predicted molar refractivity (Wildman–Crippen MR) is 60.3 cm³/mol. The monoisotopic (exact) mass is 199 g/mol. The topological polar surface area (TPSA) is 23.5 Å². The van der Waals surface area contributed by atoms with Crippen LogP contribution in [0.3, 0.4) is 0 Å². The third kappa shape index (κ3) is 1.31. The van der Waals surface area contributed by atoms with Crippen LogP contribution in [0.4, 0.5) is 0 Å². The van der Waals surface area contributed by atoms with E-state index in [0.717, 1.165) is 0 Å². The fourth-order valence-electron chi connectivity index (χ4n) is 2.60. The first-order valence-electron chi connectivity index (χ1n) is 5.55. The molecule has 0 bridgehead atoms. The van der Waals surface area contributed by atoms with Crippen molar-refractivity contribution < 1.29 is 5.11 Å². The quantitative estimate of drug-likeness (QED) is 0.646. The Morgan fingerprint density at radius 3 is 1.93 bits per heavy atom. The Morgan fingerprint density at radius 2 is 1.50 bits per heavy atom. The lowest BCUT2D eigenvalue weighted by atomic mass is 9.61. The summed E-state index contributed by atoms with van der Waals surface area (Å²) < 4.78 is 0. The zero-order valence-electron chi connectivity index (χ0n) is 10.6. The smallest absolute Gasteiger partial charge is 0.0648 e. The number of likely N-dealkylation sites (tertiary alicyclic amines) is 1. The fourth-order valence-corrected chi connectivity index (χ4v) is 2.60. The average molecular weight is 199 g/mol. The van der Waals surface area contributed by atoms with Gasteiger partial charge in [0.15, 0.2) is 0 Å². The van der Waals surface area contributed by atoms with Crippen LogP contribution in [0, 0.1) is 11.3 Å². The minimum Gasteiger partial charge on any atom is -0.392 e. The molecule has 2 heteroatoms. The van der Waals surface area contributed by atoms with E-state index >= 15 is 0 Å². The molecule has 1 aliphatic rings. The third-order valence-corrected chi connectivity index (χ3v) is 5.07. The molecule has 1 fully saturated rings. The summed E-state index contributed by atoms with van der Waals surface area (Å²) in [5.41, 5.74) is -0.0218. The van der Waals surface area contributed by atoms with E-state index in [2.05, 4.69) is 53.5 Å². The highest BCUT2D eigenvalue weighted by atomic mass is 16.3. The molecule has 1 heterocycles. The Balaban J connectivity index is 3.10. The SMILES string of the molecule is CC1C(C)N(C)C(C)(C)C(C)(C)[C@@H]1O. The molecular formula is C12H25NO. The number of aliphatic hydroxyl groups excluding tert-OH is 1. The van der Waals surface area contributed by atoms with E-state index in [1.165, 1.54) is 0 Å². The van der Waals surface area contributed by atoms with E-state index in [4.69, 9.17) is 0 Å². The van der Waals surface area contributed by atoms with Crippen molar-refractivity contribution in [2.24, 2.45) is 11.3 Å². The van der Waals surface area contributed by atoms with Crippen LogP contribution >= 0.6 is 0 Å². The average Bonchev–Trinajstić information content (AvgIpc) is 2.10. The van der Waals surface area contributed by atoms with Gasteiger partial charge in [0.05, 0.1) is 6.10 Å². The number of piperidine rings is 1. The van der Waals surface area contributed by atoms with Crippen LogP contribution in [0.25, 0.3) is 0 Å². The first kappa shape index (κ1) is 12.0. The van der Waals surface area contributed by atoms with Crippen molar-refractivity contribution in [3.63, 3.8) is 0 Å². The highest BCUT2D eigenvalue weighted by Gasteiger charge is 2.53. The normalized spacial score (nSPS) is 42.4. The molecule has 0 spiro atoms. The van der Waals surface area contributed by atoms with E-state index in [0.29, 0.717) is 12.0 Å². The van der Waals surface area contributed by atoms with Gasteiger partial charge < -0.3 is 5.11 Å². The van der Waals surface area contributed by atoms with Crippen molar-refractivity contribution in [3.05, 3.63) is 0 Å². The summed E-state index contributed by atoms with van der Waals surface area (Å²) >= 11 is 0. The molecule has 14 heavy (non-hydrogen) atoms. The molecule has 0 saturated carbocycles.